The lowest BCUT2D eigenvalue weighted by Crippen LogP contribution is -1.97. The maximum atomic E-state index is 9.00. The van der Waals surface area contributed by atoms with E-state index in [4.69, 9.17) is 5.26 Å². The Bertz CT molecular complexity index is 732. The molecule has 2 heteroatoms. The summed E-state index contributed by atoms with van der Waals surface area (Å²) >= 11 is 0. The van der Waals surface area contributed by atoms with Gasteiger partial charge in [0.25, 0.3) is 0 Å². The van der Waals surface area contributed by atoms with E-state index in [2.05, 4.69) is 17.6 Å². The Hall–Kier alpha value is -2.92. The molecule has 0 spiro atoms. The highest BCUT2D eigenvalue weighted by Gasteiger charge is 2.04. The summed E-state index contributed by atoms with van der Waals surface area (Å²) in [7, 11) is 0. The number of nitrogens with zero attached hydrogens (tertiary/aromatic N) is 2. The van der Waals surface area contributed by atoms with Crippen LogP contribution in [0.3, 0.4) is 0 Å². The number of allylic oxidation sites excluding steroid dienone is 2. The van der Waals surface area contributed by atoms with Crippen molar-refractivity contribution in [3.8, 4) is 6.07 Å². The van der Waals surface area contributed by atoms with Crippen LogP contribution in [0.2, 0.25) is 0 Å². The van der Waals surface area contributed by atoms with Crippen molar-refractivity contribution in [2.45, 2.75) is 6.92 Å². The molecule has 0 saturated heterocycles. The SMILES string of the molecule is C=CC(=N/C(=C\C)c1cccc(C#N)c1)c1ccccc1. The molecular formula is C19H16N2. The van der Waals surface area contributed by atoms with Gasteiger partial charge in [-0.3, -0.25) is 0 Å². The zero-order chi connectivity index (χ0) is 15.1. The largest absolute Gasteiger partial charge is 0.248 e. The third-order valence-corrected chi connectivity index (χ3v) is 3.06. The summed E-state index contributed by atoms with van der Waals surface area (Å²) in [6.07, 6.45) is 3.68. The van der Waals surface area contributed by atoms with E-state index in [1.807, 2.05) is 61.5 Å². The van der Waals surface area contributed by atoms with E-state index >= 15 is 0 Å². The Kier molecular flexibility index (Phi) is 4.84. The second-order valence-corrected chi connectivity index (χ2v) is 4.43. The summed E-state index contributed by atoms with van der Waals surface area (Å²) in [5.74, 6) is 0. The summed E-state index contributed by atoms with van der Waals surface area (Å²) in [5, 5.41) is 9.00. The van der Waals surface area contributed by atoms with E-state index in [0.29, 0.717) is 5.56 Å². The number of hydrogen-bond acceptors (Lipinski definition) is 2. The zero-order valence-electron chi connectivity index (χ0n) is 12.0. The molecule has 0 aromatic heterocycles. The van der Waals surface area contributed by atoms with Gasteiger partial charge < -0.3 is 0 Å². The van der Waals surface area contributed by atoms with Gasteiger partial charge in [0.15, 0.2) is 0 Å². The molecule has 2 aromatic carbocycles. The Morgan fingerprint density at radius 2 is 1.81 bits per heavy atom. The monoisotopic (exact) mass is 272 g/mol. The fraction of sp³-hybridized carbons (Fsp3) is 0.0526. The van der Waals surface area contributed by atoms with Gasteiger partial charge in [0.2, 0.25) is 0 Å². The van der Waals surface area contributed by atoms with Gasteiger partial charge in [0.05, 0.1) is 23.0 Å². The topological polar surface area (TPSA) is 36.1 Å². The lowest BCUT2D eigenvalue weighted by Gasteiger charge is -2.06. The highest BCUT2D eigenvalue weighted by atomic mass is 14.8. The van der Waals surface area contributed by atoms with E-state index < -0.39 is 0 Å². The number of nitriles is 1. The fourth-order valence-corrected chi connectivity index (χ4v) is 2.01. The molecule has 0 heterocycles. The van der Waals surface area contributed by atoms with Gasteiger partial charge in [0, 0.05) is 11.1 Å². The molecule has 102 valence electrons. The smallest absolute Gasteiger partial charge is 0.0991 e. The van der Waals surface area contributed by atoms with Crippen molar-refractivity contribution in [1.82, 2.24) is 0 Å². The van der Waals surface area contributed by atoms with Crippen molar-refractivity contribution in [3.63, 3.8) is 0 Å². The number of benzene rings is 2. The van der Waals surface area contributed by atoms with Crippen LogP contribution in [0.1, 0.15) is 23.6 Å². The van der Waals surface area contributed by atoms with Crippen LogP contribution in [-0.4, -0.2) is 5.71 Å². The minimum atomic E-state index is 0.627. The molecule has 0 atom stereocenters. The number of hydrogen-bond donors (Lipinski definition) is 0. The van der Waals surface area contributed by atoms with Gasteiger partial charge >= 0.3 is 0 Å². The van der Waals surface area contributed by atoms with Crippen LogP contribution in [0.5, 0.6) is 0 Å². The van der Waals surface area contributed by atoms with Crippen LogP contribution in [0, 0.1) is 11.3 Å². The molecule has 0 N–H and O–H groups in total. The third kappa shape index (κ3) is 3.55. The predicted molar refractivity (Wildman–Crippen MR) is 88.0 cm³/mol. The fourth-order valence-electron chi connectivity index (χ4n) is 2.01. The van der Waals surface area contributed by atoms with Gasteiger partial charge in [-0.05, 0) is 25.1 Å². The first-order chi connectivity index (χ1) is 10.3. The molecule has 0 radical (unpaired) electrons. The summed E-state index contributed by atoms with van der Waals surface area (Å²) < 4.78 is 0. The summed E-state index contributed by atoms with van der Waals surface area (Å²) in [5.41, 5.74) is 4.20. The number of rotatable bonds is 4. The maximum Gasteiger partial charge on any atom is 0.0991 e. The van der Waals surface area contributed by atoms with E-state index in [1.165, 1.54) is 0 Å². The molecule has 0 aliphatic heterocycles. The molecule has 0 fully saturated rings. The molecule has 21 heavy (non-hydrogen) atoms. The lowest BCUT2D eigenvalue weighted by atomic mass is 10.1. The highest BCUT2D eigenvalue weighted by molar-refractivity contribution is 6.10. The third-order valence-electron chi connectivity index (χ3n) is 3.06. The molecule has 2 nitrogen and oxygen atoms in total. The van der Waals surface area contributed by atoms with E-state index in [0.717, 1.165) is 22.5 Å². The molecule has 2 aromatic rings. The molecule has 2 rings (SSSR count). The minimum absolute atomic E-state index is 0.627. The molecule has 0 aliphatic carbocycles. The average Bonchev–Trinajstić information content (AvgIpc) is 2.57. The Balaban J connectivity index is 2.44. The van der Waals surface area contributed by atoms with Crippen molar-refractivity contribution in [1.29, 1.82) is 5.26 Å². The molecule has 0 saturated carbocycles. The van der Waals surface area contributed by atoms with Crippen molar-refractivity contribution in [2.75, 3.05) is 0 Å². The van der Waals surface area contributed by atoms with Crippen molar-refractivity contribution in [2.24, 2.45) is 4.99 Å². The molecular weight excluding hydrogens is 256 g/mol. The predicted octanol–water partition coefficient (Wildman–Crippen LogP) is 4.59. The van der Waals surface area contributed by atoms with Gasteiger partial charge in [-0.2, -0.15) is 5.26 Å². The van der Waals surface area contributed by atoms with Gasteiger partial charge in [0.1, 0.15) is 0 Å². The maximum absolute atomic E-state index is 9.00. The second-order valence-electron chi connectivity index (χ2n) is 4.43. The molecule has 0 amide bonds. The summed E-state index contributed by atoms with van der Waals surface area (Å²) in [6.45, 7) is 5.78. The van der Waals surface area contributed by atoms with Crippen LogP contribution >= 0.6 is 0 Å². The minimum Gasteiger partial charge on any atom is -0.248 e. The van der Waals surface area contributed by atoms with Crippen molar-refractivity contribution < 1.29 is 0 Å². The van der Waals surface area contributed by atoms with Gasteiger partial charge in [-0.25, -0.2) is 4.99 Å². The van der Waals surface area contributed by atoms with Crippen LogP contribution in [-0.2, 0) is 0 Å². The van der Waals surface area contributed by atoms with Gasteiger partial charge in [-0.1, -0.05) is 55.1 Å². The van der Waals surface area contributed by atoms with Crippen molar-refractivity contribution >= 4 is 11.4 Å². The first kappa shape index (κ1) is 14.5. The van der Waals surface area contributed by atoms with E-state index in [-0.39, 0.29) is 0 Å². The zero-order valence-corrected chi connectivity index (χ0v) is 12.0. The Labute approximate surface area is 125 Å². The summed E-state index contributed by atoms with van der Waals surface area (Å²) in [6, 6.07) is 19.5. The lowest BCUT2D eigenvalue weighted by molar-refractivity contribution is 1.43. The first-order valence-electron chi connectivity index (χ1n) is 6.72. The standard InChI is InChI=1S/C19H16N2/c1-3-18(16-10-6-5-7-11-16)21-19(4-2)17-12-8-9-15(13-17)14-20/h3-13H,1H2,2H3/b19-4-,21-18?. The van der Waals surface area contributed by atoms with Crippen LogP contribution in [0.4, 0.5) is 0 Å². The van der Waals surface area contributed by atoms with E-state index in [9.17, 15) is 0 Å². The second kappa shape index (κ2) is 7.02. The molecule has 0 unspecified atom stereocenters. The highest BCUT2D eigenvalue weighted by Crippen LogP contribution is 2.19. The normalized spacial score (nSPS) is 11.8. The molecule has 0 bridgehead atoms. The Morgan fingerprint density at radius 1 is 1.10 bits per heavy atom. The van der Waals surface area contributed by atoms with Crippen LogP contribution in [0.25, 0.3) is 5.70 Å². The van der Waals surface area contributed by atoms with Crippen molar-refractivity contribution in [3.05, 3.63) is 90.0 Å². The Morgan fingerprint density at radius 3 is 2.43 bits per heavy atom. The van der Waals surface area contributed by atoms with Crippen LogP contribution in [0.15, 0.2) is 78.3 Å². The molecule has 0 aliphatic rings. The quantitative estimate of drug-likeness (QED) is 0.749. The number of aliphatic imine (C=N–C) groups is 1. The first-order valence-corrected chi connectivity index (χ1v) is 6.72. The van der Waals surface area contributed by atoms with E-state index in [1.54, 1.807) is 12.1 Å². The average molecular weight is 272 g/mol. The van der Waals surface area contributed by atoms with Crippen LogP contribution < -0.4 is 0 Å². The van der Waals surface area contributed by atoms with Gasteiger partial charge in [-0.15, -0.1) is 0 Å². The summed E-state index contributed by atoms with van der Waals surface area (Å²) in [4.78, 5) is 4.68.